The molecule has 17 heavy (non-hydrogen) atoms. The first kappa shape index (κ1) is 13.6. The highest BCUT2D eigenvalue weighted by molar-refractivity contribution is 5.61. The van der Waals surface area contributed by atoms with Crippen molar-refractivity contribution in [1.82, 2.24) is 4.98 Å². The second kappa shape index (κ2) is 5.25. The third-order valence-corrected chi connectivity index (χ3v) is 2.25. The summed E-state index contributed by atoms with van der Waals surface area (Å²) in [7, 11) is 0. The second-order valence-electron chi connectivity index (χ2n) is 4.24. The fourth-order valence-corrected chi connectivity index (χ4v) is 1.28. The summed E-state index contributed by atoms with van der Waals surface area (Å²) in [6.45, 7) is 4.79. The zero-order valence-electron chi connectivity index (χ0n) is 9.80. The number of anilines is 2. The first-order valence-electron chi connectivity index (χ1n) is 5.38. The highest BCUT2D eigenvalue weighted by atomic mass is 19.4. The van der Waals surface area contributed by atoms with Crippen LogP contribution in [0.3, 0.4) is 0 Å². The molecule has 1 aromatic heterocycles. The number of alkyl halides is 3. The van der Waals surface area contributed by atoms with E-state index in [4.69, 9.17) is 5.73 Å². The van der Waals surface area contributed by atoms with Crippen molar-refractivity contribution in [3.05, 3.63) is 17.8 Å². The van der Waals surface area contributed by atoms with Gasteiger partial charge < -0.3 is 11.1 Å². The number of nitrogens with two attached hydrogens (primary N) is 1. The van der Waals surface area contributed by atoms with E-state index in [1.807, 2.05) is 0 Å². The van der Waals surface area contributed by atoms with Crippen LogP contribution >= 0.6 is 0 Å². The number of nitrogens with zero attached hydrogens (tertiary/aromatic N) is 1. The average Bonchev–Trinajstić information content (AvgIpc) is 2.18. The summed E-state index contributed by atoms with van der Waals surface area (Å²) < 4.78 is 37.0. The minimum absolute atomic E-state index is 0.122. The van der Waals surface area contributed by atoms with Crippen molar-refractivity contribution in [2.45, 2.75) is 26.4 Å². The third-order valence-electron chi connectivity index (χ3n) is 2.25. The van der Waals surface area contributed by atoms with E-state index in [0.717, 1.165) is 12.5 Å². The molecule has 0 aliphatic heterocycles. The first-order valence-corrected chi connectivity index (χ1v) is 5.38. The van der Waals surface area contributed by atoms with Crippen molar-refractivity contribution in [2.24, 2.45) is 5.92 Å². The molecule has 6 heteroatoms. The van der Waals surface area contributed by atoms with E-state index in [9.17, 15) is 13.2 Å². The molecule has 1 rings (SSSR count). The fraction of sp³-hybridized carbons (Fsp3) is 0.545. The number of hydrogen-bond donors (Lipinski definition) is 2. The number of nitrogens with one attached hydrogen (secondary N) is 1. The molecular weight excluding hydrogens is 231 g/mol. The van der Waals surface area contributed by atoms with E-state index in [2.05, 4.69) is 24.1 Å². The van der Waals surface area contributed by atoms with Gasteiger partial charge in [-0.25, -0.2) is 4.98 Å². The maximum Gasteiger partial charge on any atom is 0.433 e. The number of rotatable bonds is 4. The van der Waals surface area contributed by atoms with Gasteiger partial charge in [-0.3, -0.25) is 0 Å². The Balaban J connectivity index is 2.70. The Bertz CT molecular complexity index is 375. The highest BCUT2D eigenvalue weighted by Crippen LogP contribution is 2.30. The molecule has 0 atom stereocenters. The first-order chi connectivity index (χ1) is 7.80. The Labute approximate surface area is 98.2 Å². The highest BCUT2D eigenvalue weighted by Gasteiger charge is 2.32. The van der Waals surface area contributed by atoms with Crippen molar-refractivity contribution in [2.75, 3.05) is 17.6 Å². The lowest BCUT2D eigenvalue weighted by Gasteiger charge is -2.12. The summed E-state index contributed by atoms with van der Waals surface area (Å²) in [5, 5.41) is 2.97. The maximum atomic E-state index is 12.3. The molecule has 0 fully saturated rings. The molecule has 3 N–H and O–H groups in total. The lowest BCUT2D eigenvalue weighted by atomic mass is 10.1. The zero-order chi connectivity index (χ0) is 13.1. The molecule has 1 heterocycles. The number of nitrogen functional groups attached to an aromatic ring is 1. The summed E-state index contributed by atoms with van der Waals surface area (Å²) in [4.78, 5) is 3.33. The Kier molecular flexibility index (Phi) is 4.20. The maximum absolute atomic E-state index is 12.3. The fourth-order valence-electron chi connectivity index (χ4n) is 1.28. The Morgan fingerprint density at radius 1 is 1.35 bits per heavy atom. The van der Waals surface area contributed by atoms with Crippen LogP contribution in [0.5, 0.6) is 0 Å². The van der Waals surface area contributed by atoms with Crippen LogP contribution in [0.25, 0.3) is 0 Å². The summed E-state index contributed by atoms with van der Waals surface area (Å²) in [5.41, 5.74) is 4.94. The standard InChI is InChI=1S/C11H16F3N3/c1-7(2)5-6-16-8-3-4-9(11(12,13)14)17-10(8)15/h3-4,7,16H,5-6H2,1-2H3,(H2,15,17). The van der Waals surface area contributed by atoms with Crippen LogP contribution in [0.15, 0.2) is 12.1 Å². The molecule has 0 saturated heterocycles. The Hall–Kier alpha value is -1.46. The van der Waals surface area contributed by atoms with Gasteiger partial charge in [-0.2, -0.15) is 13.2 Å². The smallest absolute Gasteiger partial charge is 0.382 e. The van der Waals surface area contributed by atoms with E-state index < -0.39 is 11.9 Å². The van der Waals surface area contributed by atoms with Gasteiger partial charge in [-0.05, 0) is 24.5 Å². The minimum atomic E-state index is -4.45. The van der Waals surface area contributed by atoms with Crippen LogP contribution in [0.2, 0.25) is 0 Å². The van der Waals surface area contributed by atoms with Crippen LogP contribution in [-0.4, -0.2) is 11.5 Å². The summed E-state index contributed by atoms with van der Waals surface area (Å²) in [6.07, 6.45) is -3.54. The van der Waals surface area contributed by atoms with Crippen molar-refractivity contribution < 1.29 is 13.2 Å². The molecule has 3 nitrogen and oxygen atoms in total. The Morgan fingerprint density at radius 2 is 2.00 bits per heavy atom. The zero-order valence-corrected chi connectivity index (χ0v) is 9.80. The lowest BCUT2D eigenvalue weighted by Crippen LogP contribution is -2.12. The van der Waals surface area contributed by atoms with Crippen molar-refractivity contribution in [3.63, 3.8) is 0 Å². The average molecular weight is 247 g/mol. The Morgan fingerprint density at radius 3 is 2.47 bits per heavy atom. The number of pyridine rings is 1. The molecule has 0 spiro atoms. The molecule has 0 unspecified atom stereocenters. The van der Waals surface area contributed by atoms with Crippen LogP contribution in [0.4, 0.5) is 24.7 Å². The van der Waals surface area contributed by atoms with Gasteiger partial charge in [-0.1, -0.05) is 13.8 Å². The van der Waals surface area contributed by atoms with Crippen LogP contribution in [0, 0.1) is 5.92 Å². The second-order valence-corrected chi connectivity index (χ2v) is 4.24. The third kappa shape index (κ3) is 4.13. The van der Waals surface area contributed by atoms with Crippen LogP contribution < -0.4 is 11.1 Å². The number of hydrogen-bond acceptors (Lipinski definition) is 3. The van der Waals surface area contributed by atoms with E-state index in [1.54, 1.807) is 0 Å². The van der Waals surface area contributed by atoms with Gasteiger partial charge in [0.25, 0.3) is 0 Å². The molecule has 0 aromatic carbocycles. The van der Waals surface area contributed by atoms with E-state index in [-0.39, 0.29) is 5.82 Å². The molecule has 0 bridgehead atoms. The normalized spacial score (nSPS) is 11.9. The quantitative estimate of drug-likeness (QED) is 0.859. The summed E-state index contributed by atoms with van der Waals surface area (Å²) in [6, 6.07) is 2.24. The molecular formula is C11H16F3N3. The van der Waals surface area contributed by atoms with E-state index in [0.29, 0.717) is 18.2 Å². The van der Waals surface area contributed by atoms with Crippen LogP contribution in [0.1, 0.15) is 26.0 Å². The largest absolute Gasteiger partial charge is 0.433 e. The molecule has 0 amide bonds. The minimum Gasteiger partial charge on any atom is -0.382 e. The SMILES string of the molecule is CC(C)CCNc1ccc(C(F)(F)F)nc1N. The monoisotopic (exact) mass is 247 g/mol. The van der Waals surface area contributed by atoms with Gasteiger partial charge in [0.2, 0.25) is 0 Å². The number of halogens is 3. The summed E-state index contributed by atoms with van der Waals surface area (Å²) >= 11 is 0. The van der Waals surface area contributed by atoms with Gasteiger partial charge >= 0.3 is 6.18 Å². The molecule has 1 aromatic rings. The molecule has 0 saturated carbocycles. The molecule has 0 radical (unpaired) electrons. The van der Waals surface area contributed by atoms with Gasteiger partial charge in [0.05, 0.1) is 5.69 Å². The topological polar surface area (TPSA) is 50.9 Å². The predicted octanol–water partition coefficient (Wildman–Crippen LogP) is 3.14. The molecule has 0 aliphatic carbocycles. The van der Waals surface area contributed by atoms with Crippen molar-refractivity contribution in [1.29, 1.82) is 0 Å². The van der Waals surface area contributed by atoms with E-state index in [1.165, 1.54) is 6.07 Å². The summed E-state index contributed by atoms with van der Waals surface area (Å²) in [5.74, 6) is 0.398. The molecule has 0 aliphatic rings. The van der Waals surface area contributed by atoms with Gasteiger partial charge in [0.1, 0.15) is 11.5 Å². The van der Waals surface area contributed by atoms with Gasteiger partial charge in [0, 0.05) is 6.54 Å². The lowest BCUT2D eigenvalue weighted by molar-refractivity contribution is -0.141. The van der Waals surface area contributed by atoms with Crippen LogP contribution in [-0.2, 0) is 6.18 Å². The van der Waals surface area contributed by atoms with Crippen molar-refractivity contribution in [3.8, 4) is 0 Å². The predicted molar refractivity (Wildman–Crippen MR) is 61.6 cm³/mol. The van der Waals surface area contributed by atoms with Gasteiger partial charge in [-0.15, -0.1) is 0 Å². The number of aromatic nitrogens is 1. The molecule has 96 valence electrons. The van der Waals surface area contributed by atoms with E-state index >= 15 is 0 Å². The van der Waals surface area contributed by atoms with Gasteiger partial charge in [0.15, 0.2) is 0 Å². The van der Waals surface area contributed by atoms with Crippen molar-refractivity contribution >= 4 is 11.5 Å².